The van der Waals surface area contributed by atoms with Gasteiger partial charge in [-0.05, 0) is 44.5 Å². The number of primary amides is 1. The Hall–Kier alpha value is -4.21. The molecule has 0 saturated carbocycles. The number of benzene rings is 1. The highest BCUT2D eigenvalue weighted by Gasteiger charge is 2.30. The van der Waals surface area contributed by atoms with Crippen LogP contribution in [0.3, 0.4) is 0 Å². The van der Waals surface area contributed by atoms with Gasteiger partial charge in [-0.3, -0.25) is 23.7 Å². The molecule has 0 bridgehead atoms. The van der Waals surface area contributed by atoms with Gasteiger partial charge in [-0.15, -0.1) is 0 Å². The van der Waals surface area contributed by atoms with Gasteiger partial charge in [0.15, 0.2) is 0 Å². The number of carboxylic acid groups (broad SMARTS) is 1. The smallest absolute Gasteiger partial charge is 0.323 e. The molecule has 160 valence electrons. The summed E-state index contributed by atoms with van der Waals surface area (Å²) >= 11 is 0. The quantitative estimate of drug-likeness (QED) is 0.612. The van der Waals surface area contributed by atoms with Crippen molar-refractivity contribution in [2.24, 2.45) is 10.8 Å². The Kier molecular flexibility index (Phi) is 5.48. The van der Waals surface area contributed by atoms with Crippen molar-refractivity contribution in [1.82, 2.24) is 4.57 Å². The van der Waals surface area contributed by atoms with Crippen LogP contribution in [-0.2, 0) is 16.1 Å². The summed E-state index contributed by atoms with van der Waals surface area (Å²) < 4.78 is 0.519. The lowest BCUT2D eigenvalue weighted by Crippen LogP contribution is -2.30. The summed E-state index contributed by atoms with van der Waals surface area (Å²) in [5, 5.41) is 24.7. The summed E-state index contributed by atoms with van der Waals surface area (Å²) in [5.41, 5.74) is 5.87. The first kappa shape index (κ1) is 21.5. The number of rotatable bonds is 5. The molecule has 10 heteroatoms. The summed E-state index contributed by atoms with van der Waals surface area (Å²) in [5.74, 6) is -3.80. The summed E-state index contributed by atoms with van der Waals surface area (Å²) in [6.07, 6.45) is 1.23. The second kappa shape index (κ2) is 7.90. The minimum absolute atomic E-state index is 0.0264. The Bertz CT molecular complexity index is 1240. The zero-order chi connectivity index (χ0) is 23.0. The Morgan fingerprint density at radius 1 is 1.13 bits per heavy atom. The van der Waals surface area contributed by atoms with Gasteiger partial charge in [-0.25, -0.2) is 0 Å². The Labute approximate surface area is 176 Å². The third-order valence-corrected chi connectivity index (χ3v) is 4.90. The molecule has 1 aromatic carbocycles. The average Bonchev–Trinajstić information content (AvgIpc) is 2.96. The van der Waals surface area contributed by atoms with Gasteiger partial charge in [0.1, 0.15) is 12.1 Å². The number of hydrogen-bond acceptors (Lipinski definition) is 6. The van der Waals surface area contributed by atoms with Crippen LogP contribution in [0.2, 0.25) is 0 Å². The first-order valence-corrected chi connectivity index (χ1v) is 9.19. The molecule has 10 nitrogen and oxygen atoms in total. The molecule has 0 unspecified atom stereocenters. The van der Waals surface area contributed by atoms with Crippen LogP contribution in [0.15, 0.2) is 39.7 Å². The van der Waals surface area contributed by atoms with E-state index in [0.717, 1.165) is 5.56 Å². The SMILES string of the molecule is CC1=NN(c2ccc(C)cc2)C(=O)C1=Cc1c(C)c(C(N)=O)c(O)n(CC(=O)O)c1=O. The lowest BCUT2D eigenvalue weighted by Gasteiger charge is -2.15. The van der Waals surface area contributed by atoms with E-state index in [2.05, 4.69) is 5.10 Å². The maximum Gasteiger partial charge on any atom is 0.323 e. The van der Waals surface area contributed by atoms with E-state index in [9.17, 15) is 24.3 Å². The molecule has 4 N–H and O–H groups in total. The number of aromatic hydroxyl groups is 1. The molecule has 2 amide bonds. The number of nitrogens with two attached hydrogens (primary N) is 1. The van der Waals surface area contributed by atoms with Crippen LogP contribution >= 0.6 is 0 Å². The van der Waals surface area contributed by atoms with E-state index in [1.54, 1.807) is 19.1 Å². The van der Waals surface area contributed by atoms with E-state index in [0.29, 0.717) is 16.0 Å². The highest BCUT2D eigenvalue weighted by atomic mass is 16.4. The lowest BCUT2D eigenvalue weighted by molar-refractivity contribution is -0.137. The van der Waals surface area contributed by atoms with Gasteiger partial charge in [0, 0.05) is 5.56 Å². The molecule has 31 heavy (non-hydrogen) atoms. The minimum atomic E-state index is -1.41. The number of pyridine rings is 1. The van der Waals surface area contributed by atoms with Gasteiger partial charge in [-0.1, -0.05) is 17.7 Å². The van der Waals surface area contributed by atoms with Crippen molar-refractivity contribution < 1.29 is 24.6 Å². The van der Waals surface area contributed by atoms with Crippen molar-refractivity contribution in [2.45, 2.75) is 27.3 Å². The number of aliphatic carboxylic acids is 1. The van der Waals surface area contributed by atoms with Gasteiger partial charge < -0.3 is 15.9 Å². The molecule has 2 aromatic rings. The zero-order valence-corrected chi connectivity index (χ0v) is 17.0. The van der Waals surface area contributed by atoms with Gasteiger partial charge in [-0.2, -0.15) is 10.1 Å². The van der Waals surface area contributed by atoms with E-state index < -0.39 is 41.3 Å². The molecule has 2 heterocycles. The zero-order valence-electron chi connectivity index (χ0n) is 17.0. The number of amides is 2. The van der Waals surface area contributed by atoms with Crippen molar-refractivity contribution in [2.75, 3.05) is 5.01 Å². The largest absolute Gasteiger partial charge is 0.494 e. The Morgan fingerprint density at radius 3 is 2.29 bits per heavy atom. The van der Waals surface area contributed by atoms with Crippen molar-refractivity contribution in [1.29, 1.82) is 0 Å². The molecule has 1 aliphatic heterocycles. The Balaban J connectivity index is 2.18. The monoisotopic (exact) mass is 424 g/mol. The van der Waals surface area contributed by atoms with Crippen LogP contribution in [0.4, 0.5) is 5.69 Å². The summed E-state index contributed by atoms with van der Waals surface area (Å²) in [6, 6.07) is 7.10. The van der Waals surface area contributed by atoms with E-state index in [1.165, 1.54) is 18.0 Å². The number of hydrazone groups is 1. The number of carbonyl (C=O) groups excluding carboxylic acids is 2. The van der Waals surface area contributed by atoms with Crippen molar-refractivity contribution in [3.63, 3.8) is 0 Å². The third kappa shape index (κ3) is 3.82. The number of aromatic nitrogens is 1. The third-order valence-electron chi connectivity index (χ3n) is 4.90. The topological polar surface area (TPSA) is 155 Å². The molecule has 0 saturated heterocycles. The molecule has 0 radical (unpaired) electrons. The number of carboxylic acids is 1. The van der Waals surface area contributed by atoms with Crippen LogP contribution in [-0.4, -0.2) is 38.3 Å². The second-order valence-corrected chi connectivity index (χ2v) is 7.08. The molecule has 1 aromatic heterocycles. The maximum absolute atomic E-state index is 13.0. The fourth-order valence-electron chi connectivity index (χ4n) is 3.28. The van der Waals surface area contributed by atoms with E-state index in [4.69, 9.17) is 10.8 Å². The van der Waals surface area contributed by atoms with Crippen LogP contribution in [0.25, 0.3) is 6.08 Å². The number of carbonyl (C=O) groups is 3. The normalized spacial score (nSPS) is 14.8. The van der Waals surface area contributed by atoms with Gasteiger partial charge in [0.25, 0.3) is 17.4 Å². The number of aryl methyl sites for hydroxylation is 1. The average molecular weight is 424 g/mol. The predicted molar refractivity (Wildman–Crippen MR) is 113 cm³/mol. The maximum atomic E-state index is 13.0. The standard InChI is InChI=1S/C21H20N4O6/c1-10-4-6-13(7-5-10)25-20(30)15(12(3)23-25)8-14-11(2)17(18(22)28)21(31)24(19(14)29)9-16(26)27/h4-8,31H,9H2,1-3H3,(H2,22,28)(H,26,27). The fraction of sp³-hybridized carbons (Fsp3) is 0.190. The molecule has 0 atom stereocenters. The molecule has 1 aliphatic rings. The van der Waals surface area contributed by atoms with Crippen LogP contribution in [0.5, 0.6) is 5.88 Å². The number of anilines is 1. The van der Waals surface area contributed by atoms with Gasteiger partial charge in [0.2, 0.25) is 5.88 Å². The number of hydrogen-bond donors (Lipinski definition) is 3. The second-order valence-electron chi connectivity index (χ2n) is 7.08. The first-order chi connectivity index (χ1) is 14.5. The molecular weight excluding hydrogens is 404 g/mol. The highest BCUT2D eigenvalue weighted by molar-refractivity contribution is 6.32. The van der Waals surface area contributed by atoms with Crippen molar-refractivity contribution in [3.05, 3.63) is 62.4 Å². The van der Waals surface area contributed by atoms with E-state index in [-0.39, 0.29) is 16.7 Å². The van der Waals surface area contributed by atoms with Crippen LogP contribution in [0, 0.1) is 13.8 Å². The first-order valence-electron chi connectivity index (χ1n) is 9.19. The van der Waals surface area contributed by atoms with Gasteiger partial charge in [0.05, 0.1) is 17.0 Å². The minimum Gasteiger partial charge on any atom is -0.494 e. The van der Waals surface area contributed by atoms with Gasteiger partial charge >= 0.3 is 5.97 Å². The van der Waals surface area contributed by atoms with Crippen LogP contribution < -0.4 is 16.3 Å². The van der Waals surface area contributed by atoms with Crippen molar-refractivity contribution >= 4 is 35.3 Å². The molecule has 0 spiro atoms. The fourth-order valence-corrected chi connectivity index (χ4v) is 3.28. The van der Waals surface area contributed by atoms with Crippen LogP contribution in [0.1, 0.15) is 34.0 Å². The molecule has 0 fully saturated rings. The Morgan fingerprint density at radius 2 is 1.74 bits per heavy atom. The predicted octanol–water partition coefficient (Wildman–Crippen LogP) is 1.16. The van der Waals surface area contributed by atoms with E-state index >= 15 is 0 Å². The number of nitrogens with zero attached hydrogens (tertiary/aromatic N) is 3. The van der Waals surface area contributed by atoms with E-state index in [1.807, 2.05) is 19.1 Å². The molecule has 3 rings (SSSR count). The summed E-state index contributed by atoms with van der Waals surface area (Å²) in [4.78, 5) is 48.9. The lowest BCUT2D eigenvalue weighted by atomic mass is 10.00. The summed E-state index contributed by atoms with van der Waals surface area (Å²) in [6.45, 7) is 3.97. The summed E-state index contributed by atoms with van der Waals surface area (Å²) in [7, 11) is 0. The molecule has 0 aliphatic carbocycles. The molecular formula is C21H20N4O6. The van der Waals surface area contributed by atoms with Crippen molar-refractivity contribution in [3.8, 4) is 5.88 Å². The highest BCUT2D eigenvalue weighted by Crippen LogP contribution is 2.27.